The SMILES string of the molecule is CNC(=O)c1ccc(CN(Cc2ccco2)C(=O)CCc2cccnc2)cc1. The minimum absolute atomic E-state index is 0.0376. The van der Waals surface area contributed by atoms with Crippen LogP contribution >= 0.6 is 0 Å². The van der Waals surface area contributed by atoms with Gasteiger partial charge in [0.05, 0.1) is 12.8 Å². The summed E-state index contributed by atoms with van der Waals surface area (Å²) in [6.07, 6.45) is 6.13. The van der Waals surface area contributed by atoms with Crippen LogP contribution in [0.1, 0.15) is 33.7 Å². The fourth-order valence-corrected chi connectivity index (χ4v) is 2.90. The third-order valence-electron chi connectivity index (χ3n) is 4.45. The monoisotopic (exact) mass is 377 g/mol. The number of pyridine rings is 1. The first-order valence-corrected chi connectivity index (χ1v) is 9.16. The number of aromatic nitrogens is 1. The van der Waals surface area contributed by atoms with E-state index in [9.17, 15) is 9.59 Å². The van der Waals surface area contributed by atoms with Crippen molar-refractivity contribution in [2.24, 2.45) is 0 Å². The number of amides is 2. The minimum Gasteiger partial charge on any atom is -0.467 e. The largest absolute Gasteiger partial charge is 0.467 e. The topological polar surface area (TPSA) is 75.4 Å². The lowest BCUT2D eigenvalue weighted by molar-refractivity contribution is -0.132. The molecule has 2 aromatic heterocycles. The Morgan fingerprint density at radius 2 is 1.86 bits per heavy atom. The average Bonchev–Trinajstić information content (AvgIpc) is 3.25. The number of nitrogens with one attached hydrogen (secondary N) is 1. The molecule has 1 N–H and O–H groups in total. The Morgan fingerprint density at radius 3 is 2.50 bits per heavy atom. The van der Waals surface area contributed by atoms with Gasteiger partial charge in [-0.3, -0.25) is 14.6 Å². The minimum atomic E-state index is -0.133. The van der Waals surface area contributed by atoms with Crippen LogP contribution in [-0.2, 0) is 24.3 Å². The molecule has 3 aromatic rings. The van der Waals surface area contributed by atoms with E-state index in [1.54, 1.807) is 42.7 Å². The van der Waals surface area contributed by atoms with Crippen molar-refractivity contribution in [3.8, 4) is 0 Å². The second-order valence-corrected chi connectivity index (χ2v) is 6.47. The van der Waals surface area contributed by atoms with Gasteiger partial charge in [-0.05, 0) is 47.9 Å². The highest BCUT2D eigenvalue weighted by Gasteiger charge is 2.16. The van der Waals surface area contributed by atoms with E-state index in [2.05, 4.69) is 10.3 Å². The average molecular weight is 377 g/mol. The Hall–Kier alpha value is -3.41. The van der Waals surface area contributed by atoms with E-state index >= 15 is 0 Å². The van der Waals surface area contributed by atoms with Gasteiger partial charge in [0, 0.05) is 38.0 Å². The van der Waals surface area contributed by atoms with Gasteiger partial charge >= 0.3 is 0 Å². The van der Waals surface area contributed by atoms with Crippen LogP contribution in [0.25, 0.3) is 0 Å². The Balaban J connectivity index is 1.69. The van der Waals surface area contributed by atoms with Crippen LogP contribution in [0.4, 0.5) is 0 Å². The zero-order valence-electron chi connectivity index (χ0n) is 15.8. The molecule has 0 saturated carbocycles. The number of rotatable bonds is 8. The number of hydrogen-bond donors (Lipinski definition) is 1. The molecule has 0 aliphatic rings. The number of furan rings is 1. The van der Waals surface area contributed by atoms with E-state index in [1.807, 2.05) is 36.4 Å². The summed E-state index contributed by atoms with van der Waals surface area (Å²) in [6.45, 7) is 0.844. The smallest absolute Gasteiger partial charge is 0.251 e. The molecule has 0 aliphatic carbocycles. The molecule has 1 aromatic carbocycles. The summed E-state index contributed by atoms with van der Waals surface area (Å²) in [7, 11) is 1.60. The summed E-state index contributed by atoms with van der Waals surface area (Å²) >= 11 is 0. The van der Waals surface area contributed by atoms with Gasteiger partial charge in [-0.2, -0.15) is 0 Å². The van der Waals surface area contributed by atoms with Crippen LogP contribution in [0.5, 0.6) is 0 Å². The zero-order valence-corrected chi connectivity index (χ0v) is 15.8. The maximum absolute atomic E-state index is 12.9. The molecule has 2 amide bonds. The number of benzene rings is 1. The van der Waals surface area contributed by atoms with Crippen LogP contribution in [0.2, 0.25) is 0 Å². The molecule has 0 bridgehead atoms. The molecule has 0 aliphatic heterocycles. The van der Waals surface area contributed by atoms with Gasteiger partial charge in [0.2, 0.25) is 5.91 Å². The van der Waals surface area contributed by atoms with Crippen molar-refractivity contribution in [1.29, 1.82) is 0 Å². The van der Waals surface area contributed by atoms with Gasteiger partial charge < -0.3 is 14.6 Å². The van der Waals surface area contributed by atoms with E-state index in [1.165, 1.54) is 0 Å². The number of carbonyl (C=O) groups is 2. The van der Waals surface area contributed by atoms with Crippen molar-refractivity contribution < 1.29 is 14.0 Å². The zero-order chi connectivity index (χ0) is 19.8. The molecule has 0 unspecified atom stereocenters. The number of aryl methyl sites for hydroxylation is 1. The molecule has 144 valence electrons. The van der Waals surface area contributed by atoms with Crippen molar-refractivity contribution in [3.05, 3.63) is 89.6 Å². The molecular weight excluding hydrogens is 354 g/mol. The summed E-state index contributed by atoms with van der Waals surface area (Å²) in [5.74, 6) is 0.638. The lowest BCUT2D eigenvalue weighted by Crippen LogP contribution is -2.30. The first-order chi connectivity index (χ1) is 13.7. The van der Waals surface area contributed by atoms with Crippen molar-refractivity contribution in [2.75, 3.05) is 7.05 Å². The second-order valence-electron chi connectivity index (χ2n) is 6.47. The molecule has 2 heterocycles. The molecule has 0 radical (unpaired) electrons. The molecule has 6 heteroatoms. The van der Waals surface area contributed by atoms with Crippen LogP contribution in [-0.4, -0.2) is 28.7 Å². The number of carbonyl (C=O) groups excluding carboxylic acids is 2. The Morgan fingerprint density at radius 1 is 1.04 bits per heavy atom. The number of hydrogen-bond acceptors (Lipinski definition) is 4. The van der Waals surface area contributed by atoms with Gasteiger partial charge in [-0.25, -0.2) is 0 Å². The molecule has 6 nitrogen and oxygen atoms in total. The normalized spacial score (nSPS) is 10.5. The fraction of sp³-hybridized carbons (Fsp3) is 0.227. The second kappa shape index (κ2) is 9.50. The molecule has 0 spiro atoms. The fourth-order valence-electron chi connectivity index (χ4n) is 2.90. The molecule has 0 atom stereocenters. The van der Waals surface area contributed by atoms with E-state index in [0.717, 1.165) is 16.9 Å². The molecule has 3 rings (SSSR count). The van der Waals surface area contributed by atoms with Crippen molar-refractivity contribution in [3.63, 3.8) is 0 Å². The highest BCUT2D eigenvalue weighted by molar-refractivity contribution is 5.93. The summed E-state index contributed by atoms with van der Waals surface area (Å²) in [4.78, 5) is 30.4. The van der Waals surface area contributed by atoms with E-state index in [0.29, 0.717) is 31.5 Å². The maximum atomic E-state index is 12.9. The third-order valence-corrected chi connectivity index (χ3v) is 4.45. The Bertz CT molecular complexity index is 891. The summed E-state index contributed by atoms with van der Waals surface area (Å²) in [5, 5.41) is 2.60. The van der Waals surface area contributed by atoms with Crippen molar-refractivity contribution in [1.82, 2.24) is 15.2 Å². The van der Waals surface area contributed by atoms with E-state index in [-0.39, 0.29) is 11.8 Å². The van der Waals surface area contributed by atoms with Gasteiger partial charge in [0.25, 0.3) is 5.91 Å². The first kappa shape index (κ1) is 19.4. The van der Waals surface area contributed by atoms with E-state index in [4.69, 9.17) is 4.42 Å². The van der Waals surface area contributed by atoms with Crippen LogP contribution in [0.3, 0.4) is 0 Å². The van der Waals surface area contributed by atoms with E-state index < -0.39 is 0 Å². The summed E-state index contributed by atoms with van der Waals surface area (Å²) in [6, 6.07) is 14.8. The maximum Gasteiger partial charge on any atom is 0.251 e. The molecule has 0 saturated heterocycles. The Labute approximate surface area is 164 Å². The summed E-state index contributed by atoms with van der Waals surface area (Å²) < 4.78 is 5.42. The van der Waals surface area contributed by atoms with Crippen LogP contribution in [0.15, 0.2) is 71.6 Å². The number of nitrogens with zero attached hydrogens (tertiary/aromatic N) is 2. The third kappa shape index (κ3) is 5.30. The standard InChI is InChI=1S/C22H23N3O3/c1-23-22(27)19-9-6-18(7-10-19)15-25(16-20-5-3-13-28-20)21(26)11-8-17-4-2-12-24-14-17/h2-7,9-10,12-14H,8,11,15-16H2,1H3,(H,23,27). The van der Waals surface area contributed by atoms with Gasteiger partial charge in [0.15, 0.2) is 0 Å². The van der Waals surface area contributed by atoms with Gasteiger partial charge in [-0.1, -0.05) is 18.2 Å². The lowest BCUT2D eigenvalue weighted by Gasteiger charge is -2.22. The highest BCUT2D eigenvalue weighted by atomic mass is 16.3. The predicted octanol–water partition coefficient (Wildman–Crippen LogP) is 3.20. The van der Waals surface area contributed by atoms with Crippen LogP contribution in [0, 0.1) is 0 Å². The molecule has 28 heavy (non-hydrogen) atoms. The molecule has 0 fully saturated rings. The quantitative estimate of drug-likeness (QED) is 0.654. The Kier molecular flexibility index (Phi) is 6.57. The lowest BCUT2D eigenvalue weighted by atomic mass is 10.1. The van der Waals surface area contributed by atoms with Gasteiger partial charge in [0.1, 0.15) is 5.76 Å². The predicted molar refractivity (Wildman–Crippen MR) is 105 cm³/mol. The van der Waals surface area contributed by atoms with Crippen molar-refractivity contribution >= 4 is 11.8 Å². The molecular formula is C22H23N3O3. The first-order valence-electron chi connectivity index (χ1n) is 9.16. The van der Waals surface area contributed by atoms with Crippen LogP contribution < -0.4 is 5.32 Å². The van der Waals surface area contributed by atoms with Gasteiger partial charge in [-0.15, -0.1) is 0 Å². The summed E-state index contributed by atoms with van der Waals surface area (Å²) in [5.41, 5.74) is 2.57. The van der Waals surface area contributed by atoms with Crippen molar-refractivity contribution in [2.45, 2.75) is 25.9 Å². The highest BCUT2D eigenvalue weighted by Crippen LogP contribution is 2.14.